The summed E-state index contributed by atoms with van der Waals surface area (Å²) in [5.74, 6) is -0.386. The van der Waals surface area contributed by atoms with Gasteiger partial charge in [0.1, 0.15) is 6.04 Å². The van der Waals surface area contributed by atoms with Gasteiger partial charge >= 0.3 is 5.97 Å². The van der Waals surface area contributed by atoms with E-state index in [-0.39, 0.29) is 5.97 Å². The van der Waals surface area contributed by atoms with E-state index < -0.39 is 6.04 Å². The Hall–Kier alpha value is -0.810. The zero-order valence-corrected chi connectivity index (χ0v) is 12.4. The molecule has 0 fully saturated rings. The van der Waals surface area contributed by atoms with Gasteiger partial charge in [0.15, 0.2) is 0 Å². The summed E-state index contributed by atoms with van der Waals surface area (Å²) in [6, 6.07) is 4.51. The summed E-state index contributed by atoms with van der Waals surface area (Å²) in [7, 11) is 1.59. The minimum atomic E-state index is -0.652. The van der Waals surface area contributed by atoms with Crippen LogP contribution in [0.5, 0.6) is 0 Å². The van der Waals surface area contributed by atoms with E-state index in [4.69, 9.17) is 32.7 Å². The van der Waals surface area contributed by atoms with Gasteiger partial charge in [0.05, 0.1) is 23.3 Å². The maximum atomic E-state index is 12.0. The molecule has 0 aromatic heterocycles. The number of hydrogen-bond donors (Lipinski definition) is 1. The summed E-state index contributed by atoms with van der Waals surface area (Å²) in [4.78, 5) is 12.0. The van der Waals surface area contributed by atoms with Crippen molar-refractivity contribution < 1.29 is 14.3 Å². The minimum absolute atomic E-state index is 0.305. The van der Waals surface area contributed by atoms with Crippen LogP contribution in [0.3, 0.4) is 0 Å². The van der Waals surface area contributed by atoms with Crippen LogP contribution in [0.1, 0.15) is 18.5 Å². The lowest BCUT2D eigenvalue weighted by atomic mass is 10.1. The highest BCUT2D eigenvalue weighted by molar-refractivity contribution is 6.42. The minimum Gasteiger partial charge on any atom is -0.465 e. The molecule has 1 unspecified atom stereocenters. The van der Waals surface area contributed by atoms with Crippen molar-refractivity contribution in [3.8, 4) is 0 Å². The Morgan fingerprint density at radius 2 is 2.16 bits per heavy atom. The van der Waals surface area contributed by atoms with E-state index in [0.717, 1.165) is 0 Å². The topological polar surface area (TPSA) is 47.6 Å². The van der Waals surface area contributed by atoms with Crippen molar-refractivity contribution in [1.82, 2.24) is 5.32 Å². The number of rotatable bonds is 7. The summed E-state index contributed by atoms with van der Waals surface area (Å²) >= 11 is 12.1. The monoisotopic (exact) mass is 305 g/mol. The number of hydrogen-bond acceptors (Lipinski definition) is 4. The first-order valence-corrected chi connectivity index (χ1v) is 6.70. The molecule has 0 saturated carbocycles. The lowest BCUT2D eigenvalue weighted by Gasteiger charge is -2.19. The second-order valence-corrected chi connectivity index (χ2v) is 4.56. The number of carbonyl (C=O) groups excluding carboxylic acids is 1. The maximum Gasteiger partial charge on any atom is 0.327 e. The highest BCUT2D eigenvalue weighted by Gasteiger charge is 2.24. The average molecular weight is 306 g/mol. The molecule has 1 aromatic rings. The molecule has 1 atom stereocenters. The molecule has 0 aliphatic heterocycles. The normalized spacial score (nSPS) is 12.2. The lowest BCUT2D eigenvalue weighted by molar-refractivity contribution is -0.145. The van der Waals surface area contributed by atoms with Crippen molar-refractivity contribution in [3.63, 3.8) is 0 Å². The number of carbonyl (C=O) groups is 1. The van der Waals surface area contributed by atoms with E-state index in [2.05, 4.69) is 5.32 Å². The van der Waals surface area contributed by atoms with Gasteiger partial charge in [-0.1, -0.05) is 35.3 Å². The molecule has 6 heteroatoms. The van der Waals surface area contributed by atoms with E-state index in [1.54, 1.807) is 32.2 Å². The Kier molecular flexibility index (Phi) is 7.16. The Bertz CT molecular complexity index is 426. The van der Waals surface area contributed by atoms with Crippen LogP contribution in [0.4, 0.5) is 0 Å². The van der Waals surface area contributed by atoms with E-state index in [1.807, 2.05) is 0 Å². The van der Waals surface area contributed by atoms with Gasteiger partial charge in [-0.25, -0.2) is 4.79 Å². The van der Waals surface area contributed by atoms with Crippen LogP contribution >= 0.6 is 23.2 Å². The van der Waals surface area contributed by atoms with E-state index in [1.165, 1.54) is 0 Å². The standard InChI is InChI=1S/C13H17Cl2NO3/c1-3-19-13(17)12(16-7-8-18-2)9-5-4-6-10(14)11(9)15/h4-6,12,16H,3,7-8H2,1-2H3. The van der Waals surface area contributed by atoms with Crippen LogP contribution in [0.2, 0.25) is 10.0 Å². The first-order chi connectivity index (χ1) is 9.11. The van der Waals surface area contributed by atoms with Crippen LogP contribution in [-0.4, -0.2) is 32.8 Å². The molecule has 106 valence electrons. The quantitative estimate of drug-likeness (QED) is 0.621. The Balaban J connectivity index is 2.94. The van der Waals surface area contributed by atoms with Gasteiger partial charge in [-0.2, -0.15) is 0 Å². The van der Waals surface area contributed by atoms with Crippen molar-refractivity contribution in [1.29, 1.82) is 0 Å². The number of benzene rings is 1. The van der Waals surface area contributed by atoms with E-state index in [0.29, 0.717) is 35.4 Å². The van der Waals surface area contributed by atoms with Crippen molar-refractivity contribution in [2.75, 3.05) is 26.9 Å². The fourth-order valence-corrected chi connectivity index (χ4v) is 2.01. The third kappa shape index (κ3) is 4.66. The summed E-state index contributed by atoms with van der Waals surface area (Å²) < 4.78 is 9.99. The molecule has 0 radical (unpaired) electrons. The molecule has 1 aromatic carbocycles. The first-order valence-electron chi connectivity index (χ1n) is 5.94. The second-order valence-electron chi connectivity index (χ2n) is 3.78. The van der Waals surface area contributed by atoms with Crippen molar-refractivity contribution in [2.45, 2.75) is 13.0 Å². The summed E-state index contributed by atoms with van der Waals surface area (Å²) in [5, 5.41) is 3.81. The SMILES string of the molecule is CCOC(=O)C(NCCOC)c1cccc(Cl)c1Cl. The molecule has 0 bridgehead atoms. The molecule has 0 spiro atoms. The molecule has 1 rings (SSSR count). The zero-order chi connectivity index (χ0) is 14.3. The van der Waals surface area contributed by atoms with Gasteiger partial charge in [-0.3, -0.25) is 5.32 Å². The number of nitrogens with one attached hydrogen (secondary N) is 1. The second kappa shape index (κ2) is 8.38. The molecule has 0 saturated heterocycles. The molecule has 0 amide bonds. The molecule has 0 aliphatic carbocycles. The van der Waals surface area contributed by atoms with Crippen LogP contribution in [-0.2, 0) is 14.3 Å². The van der Waals surface area contributed by atoms with Gasteiger partial charge in [0, 0.05) is 19.2 Å². The molecular formula is C13H17Cl2NO3. The molecular weight excluding hydrogens is 289 g/mol. The number of ether oxygens (including phenoxy) is 2. The van der Waals surface area contributed by atoms with Gasteiger partial charge < -0.3 is 9.47 Å². The maximum absolute atomic E-state index is 12.0. The summed E-state index contributed by atoms with van der Waals surface area (Å²) in [6.45, 7) is 3.04. The molecule has 0 heterocycles. The van der Waals surface area contributed by atoms with Gasteiger partial charge in [0.2, 0.25) is 0 Å². The zero-order valence-electron chi connectivity index (χ0n) is 10.9. The van der Waals surface area contributed by atoms with Crippen LogP contribution in [0, 0.1) is 0 Å². The van der Waals surface area contributed by atoms with Crippen molar-refractivity contribution >= 4 is 29.2 Å². The highest BCUT2D eigenvalue weighted by atomic mass is 35.5. The van der Waals surface area contributed by atoms with Gasteiger partial charge in [-0.15, -0.1) is 0 Å². The first kappa shape index (κ1) is 16.2. The smallest absolute Gasteiger partial charge is 0.327 e. The Labute approximate surface area is 123 Å². The van der Waals surface area contributed by atoms with Crippen LogP contribution < -0.4 is 5.32 Å². The highest BCUT2D eigenvalue weighted by Crippen LogP contribution is 2.30. The van der Waals surface area contributed by atoms with Crippen LogP contribution in [0.25, 0.3) is 0 Å². The lowest BCUT2D eigenvalue weighted by Crippen LogP contribution is -2.32. The fourth-order valence-electron chi connectivity index (χ4n) is 1.59. The predicted molar refractivity (Wildman–Crippen MR) is 75.7 cm³/mol. The predicted octanol–water partition coefficient (Wildman–Crippen LogP) is 2.83. The summed E-state index contributed by atoms with van der Waals surface area (Å²) in [5.41, 5.74) is 0.601. The Morgan fingerprint density at radius 1 is 1.42 bits per heavy atom. The number of esters is 1. The molecule has 0 aliphatic rings. The van der Waals surface area contributed by atoms with Crippen molar-refractivity contribution in [2.24, 2.45) is 0 Å². The largest absolute Gasteiger partial charge is 0.465 e. The van der Waals surface area contributed by atoms with E-state index >= 15 is 0 Å². The molecule has 4 nitrogen and oxygen atoms in total. The van der Waals surface area contributed by atoms with E-state index in [9.17, 15) is 4.79 Å². The van der Waals surface area contributed by atoms with Crippen molar-refractivity contribution in [3.05, 3.63) is 33.8 Å². The summed E-state index contributed by atoms with van der Waals surface area (Å²) in [6.07, 6.45) is 0. The average Bonchev–Trinajstić information content (AvgIpc) is 2.39. The third-order valence-corrected chi connectivity index (χ3v) is 3.30. The third-order valence-electron chi connectivity index (χ3n) is 2.47. The Morgan fingerprint density at radius 3 is 2.79 bits per heavy atom. The van der Waals surface area contributed by atoms with Crippen LogP contribution in [0.15, 0.2) is 18.2 Å². The molecule has 1 N–H and O–H groups in total. The van der Waals surface area contributed by atoms with Gasteiger partial charge in [-0.05, 0) is 13.0 Å². The fraction of sp³-hybridized carbons (Fsp3) is 0.462. The number of halogens is 2. The number of methoxy groups -OCH3 is 1. The molecule has 19 heavy (non-hydrogen) atoms. The van der Waals surface area contributed by atoms with Gasteiger partial charge in [0.25, 0.3) is 0 Å².